The van der Waals surface area contributed by atoms with Crippen LogP contribution in [0.15, 0.2) is 53.5 Å². The summed E-state index contributed by atoms with van der Waals surface area (Å²) >= 11 is 1.31. The van der Waals surface area contributed by atoms with Crippen molar-refractivity contribution in [2.75, 3.05) is 16.4 Å². The lowest BCUT2D eigenvalue weighted by Gasteiger charge is -2.27. The van der Waals surface area contributed by atoms with Crippen LogP contribution in [0.4, 0.5) is 10.5 Å². The molecule has 2 heterocycles. The number of sulfone groups is 1. The third kappa shape index (κ3) is 6.73. The van der Waals surface area contributed by atoms with Crippen LogP contribution in [0.25, 0.3) is 0 Å². The van der Waals surface area contributed by atoms with Crippen LogP contribution in [-0.2, 0) is 25.8 Å². The number of alkyl carbamates (subject to hydrolysis) is 1. The lowest BCUT2D eigenvalue weighted by Crippen LogP contribution is -2.45. The highest BCUT2D eigenvalue weighted by Crippen LogP contribution is 2.42. The average molecular weight is 544 g/mol. The van der Waals surface area contributed by atoms with E-state index in [0.717, 1.165) is 22.4 Å². The third-order valence-electron chi connectivity index (χ3n) is 6.17. The minimum Gasteiger partial charge on any atom is -0.444 e. The molecule has 0 radical (unpaired) electrons. The van der Waals surface area contributed by atoms with Gasteiger partial charge in [-0.2, -0.15) is 4.99 Å². The maximum Gasteiger partial charge on any atom is 0.408 e. The maximum atomic E-state index is 13.6. The topological polar surface area (TPSA) is 105 Å². The number of carbonyl (C=O) groups is 2. The molecule has 37 heavy (non-hydrogen) atoms. The van der Waals surface area contributed by atoms with E-state index in [1.165, 1.54) is 11.8 Å². The van der Waals surface area contributed by atoms with Gasteiger partial charge in [0, 0.05) is 17.4 Å². The van der Waals surface area contributed by atoms with Crippen LogP contribution in [0, 0.1) is 13.8 Å². The molecule has 0 aliphatic carbocycles. The van der Waals surface area contributed by atoms with Gasteiger partial charge in [0.25, 0.3) is 5.91 Å². The normalized spacial score (nSPS) is 22.5. The highest BCUT2D eigenvalue weighted by atomic mass is 32.2. The lowest BCUT2D eigenvalue weighted by molar-refractivity contribution is -0.119. The molecule has 0 saturated carbocycles. The average Bonchev–Trinajstić information content (AvgIpc) is 3.25. The van der Waals surface area contributed by atoms with Crippen LogP contribution in [-0.4, -0.2) is 60.0 Å². The molecule has 2 aliphatic rings. The molecule has 2 amide bonds. The summed E-state index contributed by atoms with van der Waals surface area (Å²) in [7, 11) is -3.19. The van der Waals surface area contributed by atoms with E-state index >= 15 is 0 Å². The van der Waals surface area contributed by atoms with Crippen molar-refractivity contribution in [1.82, 2.24) is 5.32 Å². The summed E-state index contributed by atoms with van der Waals surface area (Å²) in [6, 6.07) is 14.1. The molecule has 2 aliphatic heterocycles. The van der Waals surface area contributed by atoms with Gasteiger partial charge in [0.2, 0.25) is 0 Å². The van der Waals surface area contributed by atoms with Gasteiger partial charge in [-0.15, -0.1) is 0 Å². The molecule has 0 spiro atoms. The zero-order valence-electron chi connectivity index (χ0n) is 21.7. The second kappa shape index (κ2) is 10.5. The first-order chi connectivity index (χ1) is 17.3. The second-order valence-electron chi connectivity index (χ2n) is 10.6. The number of benzene rings is 2. The fraction of sp³-hybridized carbons (Fsp3) is 0.444. The highest BCUT2D eigenvalue weighted by molar-refractivity contribution is 8.16. The molecule has 2 aromatic rings. The maximum absolute atomic E-state index is 13.6. The molecule has 0 aromatic heterocycles. The van der Waals surface area contributed by atoms with Crippen molar-refractivity contribution in [1.29, 1.82) is 0 Å². The predicted molar refractivity (Wildman–Crippen MR) is 148 cm³/mol. The SMILES string of the molecule is Cc1ccc(C)c(N2C(=NC(=O)[C@H](Cc3ccccc3)NC(=O)OC(C)(C)C)S[C@H]3CS(=O)(=O)C[C@H]32)c1. The fourth-order valence-electron chi connectivity index (χ4n) is 4.50. The number of aryl methyl sites for hydroxylation is 2. The van der Waals surface area contributed by atoms with Gasteiger partial charge in [0.05, 0.1) is 17.5 Å². The molecule has 2 saturated heterocycles. The summed E-state index contributed by atoms with van der Waals surface area (Å²) in [4.78, 5) is 32.5. The molecule has 8 nitrogen and oxygen atoms in total. The summed E-state index contributed by atoms with van der Waals surface area (Å²) in [6.07, 6.45) is -0.458. The summed E-state index contributed by atoms with van der Waals surface area (Å²) < 4.78 is 30.3. The number of anilines is 1. The fourth-order valence-corrected chi connectivity index (χ4v) is 8.41. The van der Waals surface area contributed by atoms with Crippen LogP contribution < -0.4 is 10.2 Å². The summed E-state index contributed by atoms with van der Waals surface area (Å²) in [5.41, 5.74) is 2.96. The van der Waals surface area contributed by atoms with Gasteiger partial charge in [-0.1, -0.05) is 54.2 Å². The van der Waals surface area contributed by atoms with Crippen molar-refractivity contribution >= 4 is 44.5 Å². The van der Waals surface area contributed by atoms with E-state index in [-0.39, 0.29) is 29.2 Å². The Morgan fingerprint density at radius 2 is 1.84 bits per heavy atom. The van der Waals surface area contributed by atoms with Crippen LogP contribution in [0.3, 0.4) is 0 Å². The predicted octanol–water partition coefficient (Wildman–Crippen LogP) is 4.04. The molecule has 10 heteroatoms. The Balaban J connectivity index is 1.68. The quantitative estimate of drug-likeness (QED) is 0.607. The van der Waals surface area contributed by atoms with Gasteiger partial charge in [0.15, 0.2) is 15.0 Å². The van der Waals surface area contributed by atoms with Crippen LogP contribution in [0.5, 0.6) is 0 Å². The Kier molecular flexibility index (Phi) is 7.71. The van der Waals surface area contributed by atoms with Gasteiger partial charge < -0.3 is 15.0 Å². The first-order valence-corrected chi connectivity index (χ1v) is 14.9. The first kappa shape index (κ1) is 27.2. The van der Waals surface area contributed by atoms with Crippen molar-refractivity contribution in [3.8, 4) is 0 Å². The Morgan fingerprint density at radius 3 is 2.51 bits per heavy atom. The van der Waals surface area contributed by atoms with E-state index in [2.05, 4.69) is 10.3 Å². The van der Waals surface area contributed by atoms with Crippen molar-refractivity contribution in [2.24, 2.45) is 4.99 Å². The van der Waals surface area contributed by atoms with Gasteiger partial charge in [-0.25, -0.2) is 13.2 Å². The summed E-state index contributed by atoms with van der Waals surface area (Å²) in [5.74, 6) is -0.467. The lowest BCUT2D eigenvalue weighted by atomic mass is 10.1. The number of aliphatic imine (C=N–C) groups is 1. The summed E-state index contributed by atoms with van der Waals surface area (Å²) in [6.45, 7) is 9.19. The van der Waals surface area contributed by atoms with Crippen molar-refractivity contribution < 1.29 is 22.7 Å². The molecule has 1 N–H and O–H groups in total. The van der Waals surface area contributed by atoms with E-state index in [4.69, 9.17) is 4.74 Å². The molecule has 3 atom stereocenters. The molecule has 4 rings (SSSR count). The van der Waals surface area contributed by atoms with E-state index in [1.54, 1.807) is 20.8 Å². The molecular formula is C27H33N3O5S2. The van der Waals surface area contributed by atoms with Crippen molar-refractivity contribution in [3.05, 3.63) is 65.2 Å². The van der Waals surface area contributed by atoms with Crippen molar-refractivity contribution in [3.63, 3.8) is 0 Å². The molecule has 2 fully saturated rings. The number of hydrogen-bond acceptors (Lipinski definition) is 6. The number of fused-ring (bicyclic) bond motifs is 1. The standard InChI is InChI=1S/C27H33N3O5S2/c1-17-11-12-18(2)21(13-17)30-22-15-37(33,34)16-23(22)36-25(30)29-24(31)20(14-19-9-7-6-8-10-19)28-26(32)35-27(3,4)5/h6-13,20,22-23H,14-16H2,1-5H3,(H,28,32)/t20-,22+,23-/m0/s1. The van der Waals surface area contributed by atoms with Crippen LogP contribution in [0.1, 0.15) is 37.5 Å². The zero-order valence-corrected chi connectivity index (χ0v) is 23.4. The number of thioether (sulfide) groups is 1. The highest BCUT2D eigenvalue weighted by Gasteiger charge is 2.49. The van der Waals surface area contributed by atoms with Gasteiger partial charge in [0.1, 0.15) is 11.6 Å². The molecule has 0 bridgehead atoms. The number of nitrogens with zero attached hydrogens (tertiary/aromatic N) is 2. The number of hydrogen-bond donors (Lipinski definition) is 1. The van der Waals surface area contributed by atoms with Gasteiger partial charge in [-0.05, 0) is 57.4 Å². The number of carbonyl (C=O) groups excluding carboxylic acids is 2. The third-order valence-corrected chi connectivity index (χ3v) is 9.38. The van der Waals surface area contributed by atoms with E-state index in [0.29, 0.717) is 5.17 Å². The number of nitrogens with one attached hydrogen (secondary N) is 1. The largest absolute Gasteiger partial charge is 0.444 e. The zero-order chi connectivity index (χ0) is 27.0. The smallest absolute Gasteiger partial charge is 0.408 e. The Hall–Kier alpha value is -2.85. The van der Waals surface area contributed by atoms with Gasteiger partial charge in [-0.3, -0.25) is 4.79 Å². The summed E-state index contributed by atoms with van der Waals surface area (Å²) in [5, 5.41) is 2.92. The first-order valence-electron chi connectivity index (χ1n) is 12.2. The Morgan fingerprint density at radius 1 is 1.14 bits per heavy atom. The minimum atomic E-state index is -3.19. The molecule has 198 valence electrons. The molecule has 0 unspecified atom stereocenters. The van der Waals surface area contributed by atoms with E-state index in [9.17, 15) is 18.0 Å². The monoisotopic (exact) mass is 543 g/mol. The Bertz CT molecular complexity index is 1320. The van der Waals surface area contributed by atoms with E-state index < -0.39 is 33.5 Å². The van der Waals surface area contributed by atoms with Gasteiger partial charge >= 0.3 is 6.09 Å². The Labute approximate surface area is 222 Å². The molecular weight excluding hydrogens is 510 g/mol. The molecule has 2 aromatic carbocycles. The second-order valence-corrected chi connectivity index (χ2v) is 13.9. The minimum absolute atomic E-state index is 0.00879. The number of rotatable bonds is 5. The van der Waals surface area contributed by atoms with Crippen LogP contribution >= 0.6 is 11.8 Å². The van der Waals surface area contributed by atoms with Crippen LogP contribution in [0.2, 0.25) is 0 Å². The van der Waals surface area contributed by atoms with Crippen molar-refractivity contribution in [2.45, 2.75) is 64.0 Å². The number of ether oxygens (including phenoxy) is 1. The van der Waals surface area contributed by atoms with E-state index in [1.807, 2.05) is 67.3 Å². The number of amidine groups is 1. The number of amides is 2.